The van der Waals surface area contributed by atoms with Gasteiger partial charge in [0.05, 0.1) is 16.6 Å². The number of carbonyl (C=O) groups is 3. The number of carbonyl (C=O) groups excluding carboxylic acids is 3. The van der Waals surface area contributed by atoms with Crippen molar-refractivity contribution < 1.29 is 19.5 Å². The van der Waals surface area contributed by atoms with Crippen LogP contribution in [0.15, 0.2) is 67.8 Å². The molecule has 2 unspecified atom stereocenters. The number of rotatable bonds is 11. The van der Waals surface area contributed by atoms with Gasteiger partial charge in [-0.2, -0.15) is 0 Å². The van der Waals surface area contributed by atoms with Crippen LogP contribution in [0.1, 0.15) is 25.7 Å². The first-order chi connectivity index (χ1) is 18.9. The van der Waals surface area contributed by atoms with Gasteiger partial charge in [0.15, 0.2) is 0 Å². The highest BCUT2D eigenvalue weighted by Gasteiger charge is 2.73. The van der Waals surface area contributed by atoms with Crippen LogP contribution >= 0.6 is 11.8 Å². The standard InChI is InChI=1S/C31H37N3O4S/c1-4-16-32(3)28(36)25-24-14-15-31(39-24)26(25)29(37)34(18-8-9-19-35)27(31)30(38)33(17-5-2)23-13-12-21-10-6-7-11-22(21)20-23/h4-7,10-13,20,24-27,35H,1-2,8-9,14-19H2,3H3/t24-,25+,26-,27?,31?/m0/s1. The lowest BCUT2D eigenvalue weighted by atomic mass is 9.70. The molecule has 0 radical (unpaired) electrons. The lowest BCUT2D eigenvalue weighted by Crippen LogP contribution is -2.55. The van der Waals surface area contributed by atoms with E-state index < -0.39 is 22.6 Å². The summed E-state index contributed by atoms with van der Waals surface area (Å²) in [7, 11) is 1.75. The molecule has 39 heavy (non-hydrogen) atoms. The zero-order chi connectivity index (χ0) is 27.7. The molecule has 2 aromatic carbocycles. The number of aliphatic hydroxyl groups is 1. The highest BCUT2D eigenvalue weighted by molar-refractivity contribution is 8.02. The van der Waals surface area contributed by atoms with Gasteiger partial charge in [0.1, 0.15) is 6.04 Å². The number of amides is 3. The fraction of sp³-hybridized carbons (Fsp3) is 0.452. The Morgan fingerprint density at radius 1 is 1.10 bits per heavy atom. The summed E-state index contributed by atoms with van der Waals surface area (Å²) in [6.45, 7) is 8.80. The molecule has 5 atom stereocenters. The van der Waals surface area contributed by atoms with Crippen molar-refractivity contribution >= 4 is 45.9 Å². The molecule has 3 aliphatic heterocycles. The van der Waals surface area contributed by atoms with Gasteiger partial charge in [-0.3, -0.25) is 14.4 Å². The number of thioether (sulfide) groups is 1. The molecule has 3 heterocycles. The van der Waals surface area contributed by atoms with Crippen LogP contribution in [0.25, 0.3) is 10.8 Å². The molecule has 7 nitrogen and oxygen atoms in total. The van der Waals surface area contributed by atoms with Crippen LogP contribution < -0.4 is 4.90 Å². The molecule has 206 valence electrons. The number of nitrogens with zero attached hydrogens (tertiary/aromatic N) is 3. The number of fused-ring (bicyclic) bond motifs is 2. The molecule has 1 spiro atoms. The third-order valence-electron chi connectivity index (χ3n) is 8.53. The van der Waals surface area contributed by atoms with E-state index in [4.69, 9.17) is 0 Å². The Morgan fingerprint density at radius 3 is 2.56 bits per heavy atom. The highest BCUT2D eigenvalue weighted by atomic mass is 32.2. The van der Waals surface area contributed by atoms with Crippen LogP contribution in [0.4, 0.5) is 5.69 Å². The van der Waals surface area contributed by atoms with Crippen LogP contribution in [0.2, 0.25) is 0 Å². The van der Waals surface area contributed by atoms with E-state index in [1.807, 2.05) is 42.5 Å². The van der Waals surface area contributed by atoms with Gasteiger partial charge in [-0.05, 0) is 48.6 Å². The molecule has 1 N–H and O–H groups in total. The smallest absolute Gasteiger partial charge is 0.251 e. The molecular weight excluding hydrogens is 510 g/mol. The molecule has 5 rings (SSSR count). The summed E-state index contributed by atoms with van der Waals surface area (Å²) in [6.07, 6.45) is 6.07. The summed E-state index contributed by atoms with van der Waals surface area (Å²) in [5.41, 5.74) is 0.761. The molecular formula is C31H37N3O4S. The minimum atomic E-state index is -0.683. The Hall–Kier alpha value is -3.10. The summed E-state index contributed by atoms with van der Waals surface area (Å²) >= 11 is 1.68. The normalized spacial score (nSPS) is 27.0. The fourth-order valence-electron chi connectivity index (χ4n) is 6.83. The second kappa shape index (κ2) is 11.2. The minimum Gasteiger partial charge on any atom is -0.396 e. The van der Waals surface area contributed by atoms with Gasteiger partial charge >= 0.3 is 0 Å². The molecule has 3 aliphatic rings. The first kappa shape index (κ1) is 27.5. The third-order valence-corrected chi connectivity index (χ3v) is 10.5. The van der Waals surface area contributed by atoms with Crippen molar-refractivity contribution in [2.24, 2.45) is 11.8 Å². The van der Waals surface area contributed by atoms with Crippen molar-refractivity contribution in [2.45, 2.75) is 41.7 Å². The first-order valence-electron chi connectivity index (χ1n) is 13.7. The Bertz CT molecular complexity index is 1300. The van der Waals surface area contributed by atoms with Crippen molar-refractivity contribution in [1.29, 1.82) is 0 Å². The van der Waals surface area contributed by atoms with Gasteiger partial charge in [-0.1, -0.05) is 42.5 Å². The maximum atomic E-state index is 14.6. The minimum absolute atomic E-state index is 0.0159. The number of aliphatic hydroxyl groups excluding tert-OH is 1. The van der Waals surface area contributed by atoms with Crippen LogP contribution in [0.5, 0.6) is 0 Å². The number of likely N-dealkylation sites (N-methyl/N-ethyl adjacent to an activating group) is 1. The second-order valence-electron chi connectivity index (χ2n) is 10.8. The lowest BCUT2D eigenvalue weighted by molar-refractivity contribution is -0.143. The SMILES string of the molecule is C=CCN(C)C(=O)[C@@H]1[C@@H]2CCC3(S2)C(C(=O)N(CC=C)c2ccc4ccccc4c2)N(CCCCO)C(=O)[C@H]13. The largest absolute Gasteiger partial charge is 0.396 e. The van der Waals surface area contributed by atoms with Crippen molar-refractivity contribution in [3.8, 4) is 0 Å². The monoisotopic (exact) mass is 547 g/mol. The summed E-state index contributed by atoms with van der Waals surface area (Å²) in [4.78, 5) is 47.4. The van der Waals surface area contributed by atoms with Crippen molar-refractivity contribution in [2.75, 3.05) is 38.2 Å². The van der Waals surface area contributed by atoms with Gasteiger partial charge in [0, 0.05) is 44.2 Å². The van der Waals surface area contributed by atoms with Crippen LogP contribution in [0.3, 0.4) is 0 Å². The van der Waals surface area contributed by atoms with Gasteiger partial charge in [0.25, 0.3) is 5.91 Å². The van der Waals surface area contributed by atoms with E-state index in [1.165, 1.54) is 0 Å². The Morgan fingerprint density at radius 2 is 1.85 bits per heavy atom. The Kier molecular flexibility index (Phi) is 7.87. The van der Waals surface area contributed by atoms with E-state index in [-0.39, 0.29) is 29.6 Å². The number of unbranched alkanes of at least 4 members (excludes halogenated alkanes) is 1. The van der Waals surface area contributed by atoms with E-state index in [1.54, 1.807) is 45.7 Å². The summed E-state index contributed by atoms with van der Waals surface area (Å²) < 4.78 is -0.649. The number of anilines is 1. The van der Waals surface area contributed by atoms with Gasteiger partial charge in [-0.15, -0.1) is 24.9 Å². The van der Waals surface area contributed by atoms with Gasteiger partial charge < -0.3 is 19.8 Å². The topological polar surface area (TPSA) is 81.2 Å². The number of hydrogen-bond donors (Lipinski definition) is 1. The molecule has 2 bridgehead atoms. The second-order valence-corrected chi connectivity index (χ2v) is 12.4. The zero-order valence-electron chi connectivity index (χ0n) is 22.5. The van der Waals surface area contributed by atoms with Crippen molar-refractivity contribution in [3.63, 3.8) is 0 Å². The molecule has 0 aromatic heterocycles. The maximum Gasteiger partial charge on any atom is 0.251 e. The van der Waals surface area contributed by atoms with Gasteiger partial charge in [0.2, 0.25) is 11.8 Å². The lowest BCUT2D eigenvalue weighted by Gasteiger charge is -2.37. The third kappa shape index (κ3) is 4.57. The van der Waals surface area contributed by atoms with E-state index in [0.29, 0.717) is 32.5 Å². The predicted octanol–water partition coefficient (Wildman–Crippen LogP) is 3.87. The zero-order valence-corrected chi connectivity index (χ0v) is 23.3. The average Bonchev–Trinajstić information content (AvgIpc) is 3.58. The van der Waals surface area contributed by atoms with Gasteiger partial charge in [-0.25, -0.2) is 0 Å². The summed E-state index contributed by atoms with van der Waals surface area (Å²) in [5.74, 6) is -1.28. The number of hydrogen-bond acceptors (Lipinski definition) is 5. The number of benzene rings is 2. The molecule has 3 saturated heterocycles. The Balaban J connectivity index is 1.55. The molecule has 8 heteroatoms. The average molecular weight is 548 g/mol. The van der Waals surface area contributed by atoms with E-state index in [2.05, 4.69) is 13.2 Å². The molecule has 0 saturated carbocycles. The molecule has 2 aromatic rings. The predicted molar refractivity (Wildman–Crippen MR) is 156 cm³/mol. The summed E-state index contributed by atoms with van der Waals surface area (Å²) in [5, 5.41) is 11.5. The van der Waals surface area contributed by atoms with E-state index >= 15 is 0 Å². The maximum absolute atomic E-state index is 14.6. The highest BCUT2D eigenvalue weighted by Crippen LogP contribution is 2.66. The number of likely N-dealkylation sites (tertiary alicyclic amines) is 1. The Labute approximate surface area is 234 Å². The first-order valence-corrected chi connectivity index (χ1v) is 14.6. The fourth-order valence-corrected chi connectivity index (χ4v) is 9.04. The van der Waals surface area contributed by atoms with Crippen LogP contribution in [0, 0.1) is 11.8 Å². The molecule has 0 aliphatic carbocycles. The van der Waals surface area contributed by atoms with Crippen LogP contribution in [-0.2, 0) is 14.4 Å². The van der Waals surface area contributed by atoms with E-state index in [9.17, 15) is 19.5 Å². The molecule has 3 fully saturated rings. The van der Waals surface area contributed by atoms with Crippen molar-refractivity contribution in [1.82, 2.24) is 9.80 Å². The van der Waals surface area contributed by atoms with Crippen LogP contribution in [-0.4, -0.2) is 82.0 Å². The summed E-state index contributed by atoms with van der Waals surface area (Å²) in [6, 6.07) is 13.3. The quantitative estimate of drug-likeness (QED) is 0.341. The van der Waals surface area contributed by atoms with Crippen molar-refractivity contribution in [3.05, 3.63) is 67.8 Å². The molecule has 3 amide bonds. The van der Waals surface area contributed by atoms with E-state index in [0.717, 1.165) is 29.3 Å².